The first-order chi connectivity index (χ1) is 6.59. The summed E-state index contributed by atoms with van der Waals surface area (Å²) in [6.07, 6.45) is 2.34. The van der Waals surface area contributed by atoms with Crippen molar-refractivity contribution < 1.29 is 0 Å². The highest BCUT2D eigenvalue weighted by atomic mass is 32.2. The minimum atomic E-state index is 0.329. The molecule has 80 valence electrons. The normalized spacial score (nSPS) is 22.1. The van der Waals surface area contributed by atoms with Crippen molar-refractivity contribution in [2.45, 2.75) is 25.8 Å². The number of likely N-dealkylation sites (tertiary alicyclic amines) is 1. The topological polar surface area (TPSA) is 29.3 Å². The van der Waals surface area contributed by atoms with E-state index < -0.39 is 0 Å². The van der Waals surface area contributed by atoms with Gasteiger partial charge in [-0.2, -0.15) is 0 Å². The molecule has 0 amide bonds. The smallest absolute Gasteiger partial charge is 0.0372 e. The van der Waals surface area contributed by atoms with Crippen molar-refractivity contribution in [3.8, 4) is 0 Å². The Hall–Kier alpha value is -0.410. The Balaban J connectivity index is 2.32. The largest absolute Gasteiger partial charge is 0.373 e. The Kier molecular flexibility index (Phi) is 4.55. The lowest BCUT2D eigenvalue weighted by molar-refractivity contribution is 0.262. The summed E-state index contributed by atoms with van der Waals surface area (Å²) in [5.41, 5.74) is 7.10. The zero-order chi connectivity index (χ0) is 10.6. The third-order valence-corrected chi connectivity index (χ3v) is 3.36. The molecule has 0 spiro atoms. The van der Waals surface area contributed by atoms with Crippen LogP contribution >= 0.6 is 11.8 Å². The van der Waals surface area contributed by atoms with Crippen LogP contribution in [0.2, 0.25) is 0 Å². The lowest BCUT2D eigenvalue weighted by Gasteiger charge is -2.33. The van der Waals surface area contributed by atoms with Gasteiger partial charge in [-0.15, -0.1) is 11.8 Å². The van der Waals surface area contributed by atoms with E-state index in [9.17, 15) is 0 Å². The molecule has 0 bridgehead atoms. The molecular weight excluding hydrogens is 192 g/mol. The number of piperidine rings is 1. The third-order valence-electron chi connectivity index (χ3n) is 2.39. The van der Waals surface area contributed by atoms with Gasteiger partial charge in [-0.1, -0.05) is 13.2 Å². The summed E-state index contributed by atoms with van der Waals surface area (Å²) in [4.78, 5) is 3.46. The van der Waals surface area contributed by atoms with Crippen LogP contribution in [0.25, 0.3) is 0 Å². The van der Waals surface area contributed by atoms with Gasteiger partial charge >= 0.3 is 0 Å². The van der Waals surface area contributed by atoms with Crippen molar-refractivity contribution in [3.05, 3.63) is 23.8 Å². The molecule has 0 aromatic carbocycles. The lowest BCUT2D eigenvalue weighted by atomic mass is 10.1. The molecule has 1 fully saturated rings. The van der Waals surface area contributed by atoms with E-state index >= 15 is 0 Å². The van der Waals surface area contributed by atoms with Crippen molar-refractivity contribution in [2.75, 3.05) is 18.8 Å². The maximum Gasteiger partial charge on any atom is 0.0372 e. The van der Waals surface area contributed by atoms with Gasteiger partial charge in [-0.3, -0.25) is 0 Å². The van der Waals surface area contributed by atoms with Gasteiger partial charge in [-0.25, -0.2) is 0 Å². The Morgan fingerprint density at radius 3 is 2.86 bits per heavy atom. The zero-order valence-corrected chi connectivity index (χ0v) is 9.78. The van der Waals surface area contributed by atoms with Gasteiger partial charge in [0.15, 0.2) is 0 Å². The third kappa shape index (κ3) is 3.76. The molecule has 1 rings (SSSR count). The quantitative estimate of drug-likeness (QED) is 0.774. The Labute approximate surface area is 91.2 Å². The van der Waals surface area contributed by atoms with E-state index in [0.29, 0.717) is 6.04 Å². The predicted molar refractivity (Wildman–Crippen MR) is 65.2 cm³/mol. The van der Waals surface area contributed by atoms with Gasteiger partial charge in [0.25, 0.3) is 0 Å². The minimum absolute atomic E-state index is 0.329. The minimum Gasteiger partial charge on any atom is -0.373 e. The summed E-state index contributed by atoms with van der Waals surface area (Å²) in [5, 5.41) is 0. The Morgan fingerprint density at radius 2 is 2.29 bits per heavy atom. The lowest BCUT2D eigenvalue weighted by Crippen LogP contribution is -2.42. The second-order valence-electron chi connectivity index (χ2n) is 3.91. The zero-order valence-electron chi connectivity index (χ0n) is 8.96. The van der Waals surface area contributed by atoms with Crippen LogP contribution in [-0.4, -0.2) is 29.8 Å². The highest BCUT2D eigenvalue weighted by Crippen LogP contribution is 2.20. The number of nitrogens with two attached hydrogens (primary N) is 1. The molecule has 2 N–H and O–H groups in total. The van der Waals surface area contributed by atoms with Crippen LogP contribution in [0.5, 0.6) is 0 Å². The van der Waals surface area contributed by atoms with Crippen molar-refractivity contribution in [1.29, 1.82) is 0 Å². The maximum absolute atomic E-state index is 5.91. The average molecular weight is 212 g/mol. The first-order valence-corrected chi connectivity index (χ1v) is 6.04. The molecule has 0 radical (unpaired) electrons. The molecule has 1 saturated heterocycles. The fraction of sp³-hybridized carbons (Fsp3) is 0.636. The maximum atomic E-state index is 5.91. The molecule has 1 aliphatic rings. The summed E-state index contributed by atoms with van der Waals surface area (Å²) < 4.78 is 0. The van der Waals surface area contributed by atoms with Gasteiger partial charge in [0.1, 0.15) is 0 Å². The van der Waals surface area contributed by atoms with Gasteiger partial charge in [0.2, 0.25) is 0 Å². The van der Waals surface area contributed by atoms with Crippen LogP contribution < -0.4 is 5.73 Å². The van der Waals surface area contributed by atoms with E-state index in [1.54, 1.807) is 11.8 Å². The predicted octanol–water partition coefficient (Wildman–Crippen LogP) is 2.19. The first-order valence-electron chi connectivity index (χ1n) is 5.06. The summed E-state index contributed by atoms with van der Waals surface area (Å²) in [6, 6.07) is 0.329. The van der Waals surface area contributed by atoms with E-state index in [2.05, 4.69) is 18.1 Å². The van der Waals surface area contributed by atoms with Crippen molar-refractivity contribution in [1.82, 2.24) is 4.90 Å². The number of nitrogens with zero attached hydrogens (tertiary/aromatic N) is 1. The highest BCUT2D eigenvalue weighted by molar-refractivity contribution is 8.03. The van der Waals surface area contributed by atoms with E-state index in [-0.39, 0.29) is 0 Å². The molecule has 3 heteroatoms. The number of allylic oxidation sites excluding steroid dienone is 1. The van der Waals surface area contributed by atoms with Crippen LogP contribution in [-0.2, 0) is 0 Å². The number of hydrogen-bond acceptors (Lipinski definition) is 3. The molecule has 2 nitrogen and oxygen atoms in total. The van der Waals surface area contributed by atoms with Crippen LogP contribution in [0.15, 0.2) is 23.8 Å². The van der Waals surface area contributed by atoms with Crippen LogP contribution in [0.3, 0.4) is 0 Å². The van der Waals surface area contributed by atoms with Crippen LogP contribution in [0.1, 0.15) is 19.8 Å². The first kappa shape index (κ1) is 11.7. The van der Waals surface area contributed by atoms with Gasteiger partial charge in [0.05, 0.1) is 0 Å². The molecule has 14 heavy (non-hydrogen) atoms. The molecule has 0 saturated carbocycles. The molecule has 0 aliphatic carbocycles. The number of rotatable bonds is 4. The summed E-state index contributed by atoms with van der Waals surface area (Å²) in [7, 11) is 0. The molecular formula is C11H20N2S. The van der Waals surface area contributed by atoms with Gasteiger partial charge in [0, 0.05) is 30.6 Å². The summed E-state index contributed by atoms with van der Waals surface area (Å²) in [5.74, 6) is 0.946. The van der Waals surface area contributed by atoms with E-state index in [1.165, 1.54) is 12.1 Å². The van der Waals surface area contributed by atoms with E-state index in [4.69, 9.17) is 5.73 Å². The Morgan fingerprint density at radius 1 is 1.57 bits per heavy atom. The monoisotopic (exact) mass is 212 g/mol. The SMILES string of the molecule is C=C(C)SCC(=C)N1CCCC(N)C1. The molecule has 1 heterocycles. The molecule has 1 atom stereocenters. The van der Waals surface area contributed by atoms with Crippen molar-refractivity contribution in [3.63, 3.8) is 0 Å². The molecule has 0 aromatic heterocycles. The average Bonchev–Trinajstić information content (AvgIpc) is 2.14. The summed E-state index contributed by atoms with van der Waals surface area (Å²) >= 11 is 1.76. The fourth-order valence-electron chi connectivity index (χ4n) is 1.59. The standard InChI is InChI=1S/C11H20N2S/c1-9(2)14-8-10(3)13-6-4-5-11(12)7-13/h11H,1,3-8,12H2,2H3. The van der Waals surface area contributed by atoms with E-state index in [1.807, 2.05) is 6.92 Å². The second kappa shape index (κ2) is 5.47. The second-order valence-corrected chi connectivity index (χ2v) is 5.18. The molecule has 1 unspecified atom stereocenters. The van der Waals surface area contributed by atoms with Crippen molar-refractivity contribution in [2.24, 2.45) is 5.73 Å². The van der Waals surface area contributed by atoms with Crippen LogP contribution in [0, 0.1) is 0 Å². The van der Waals surface area contributed by atoms with Gasteiger partial charge in [-0.05, 0) is 24.7 Å². The molecule has 1 aliphatic heterocycles. The fourth-order valence-corrected chi connectivity index (χ4v) is 2.19. The van der Waals surface area contributed by atoms with Gasteiger partial charge < -0.3 is 10.6 Å². The Bertz CT molecular complexity index is 225. The molecule has 0 aromatic rings. The van der Waals surface area contributed by atoms with Crippen LogP contribution in [0.4, 0.5) is 0 Å². The number of hydrogen-bond donors (Lipinski definition) is 1. The van der Waals surface area contributed by atoms with Crippen molar-refractivity contribution >= 4 is 11.8 Å². The van der Waals surface area contributed by atoms with E-state index in [0.717, 1.165) is 30.2 Å². The number of thioether (sulfide) groups is 1. The highest BCUT2D eigenvalue weighted by Gasteiger charge is 2.17. The summed E-state index contributed by atoms with van der Waals surface area (Å²) in [6.45, 7) is 12.1.